The SMILES string of the molecule is O.O.[H-].[Na+].[SnH2]. The van der Waals surface area contributed by atoms with Crippen molar-refractivity contribution in [2.75, 3.05) is 0 Å². The summed E-state index contributed by atoms with van der Waals surface area (Å²) in [6, 6.07) is 0. The maximum atomic E-state index is 0. The van der Waals surface area contributed by atoms with Crippen molar-refractivity contribution in [3.63, 3.8) is 0 Å². The Hall–Kier alpha value is 1.72. The second-order valence-corrected chi connectivity index (χ2v) is 0. The van der Waals surface area contributed by atoms with Gasteiger partial charge in [-0.2, -0.15) is 0 Å². The van der Waals surface area contributed by atoms with Crippen molar-refractivity contribution in [3.8, 4) is 0 Å². The Morgan fingerprint density at radius 1 is 1.00 bits per heavy atom. The monoisotopic (exact) mass is 182 g/mol. The summed E-state index contributed by atoms with van der Waals surface area (Å²) in [5.74, 6) is 0. The van der Waals surface area contributed by atoms with Gasteiger partial charge in [-0.1, -0.05) is 0 Å². The molecule has 0 rings (SSSR count). The molecular formula is H7NaO2Sn. The van der Waals surface area contributed by atoms with Crippen LogP contribution in [0.3, 0.4) is 0 Å². The molecule has 0 aliphatic heterocycles. The summed E-state index contributed by atoms with van der Waals surface area (Å²) in [6.45, 7) is 0. The van der Waals surface area contributed by atoms with Crippen LogP contribution in [0.2, 0.25) is 0 Å². The number of hydrogen-bond donors (Lipinski definition) is 0. The first-order valence-electron chi connectivity index (χ1n) is 0. The molecule has 0 atom stereocenters. The van der Waals surface area contributed by atoms with E-state index in [1.165, 1.54) is 0 Å². The molecule has 0 aliphatic rings. The third kappa shape index (κ3) is 9.30. The van der Waals surface area contributed by atoms with Gasteiger partial charge in [0, 0.05) is 0 Å². The van der Waals surface area contributed by atoms with Crippen molar-refractivity contribution in [2.24, 2.45) is 0 Å². The van der Waals surface area contributed by atoms with Gasteiger partial charge in [0.15, 0.2) is 0 Å². The van der Waals surface area contributed by atoms with Crippen LogP contribution >= 0.6 is 0 Å². The van der Waals surface area contributed by atoms with Gasteiger partial charge in [-0.25, -0.2) is 0 Å². The summed E-state index contributed by atoms with van der Waals surface area (Å²) in [7, 11) is 0. The molecular weight excluding hydrogens is 174 g/mol. The van der Waals surface area contributed by atoms with Gasteiger partial charge in [0.2, 0.25) is 0 Å². The molecule has 0 aliphatic carbocycles. The van der Waals surface area contributed by atoms with E-state index in [0.717, 1.165) is 0 Å². The van der Waals surface area contributed by atoms with Crippen LogP contribution in [0.15, 0.2) is 0 Å². The third-order valence-corrected chi connectivity index (χ3v) is 0. The molecule has 0 heterocycles. The quantitative estimate of drug-likeness (QED) is 0.334. The van der Waals surface area contributed by atoms with E-state index in [0.29, 0.717) is 0 Å². The van der Waals surface area contributed by atoms with E-state index in [1.807, 2.05) is 0 Å². The van der Waals surface area contributed by atoms with Gasteiger partial charge in [-0.3, -0.25) is 0 Å². The number of hydrogen-bond acceptors (Lipinski definition) is 0. The molecule has 0 amide bonds. The van der Waals surface area contributed by atoms with Crippen LogP contribution in [-0.2, 0) is 0 Å². The molecule has 0 aromatic heterocycles. The average molecular weight is 181 g/mol. The van der Waals surface area contributed by atoms with Crippen LogP contribution in [0.5, 0.6) is 0 Å². The fourth-order valence-corrected chi connectivity index (χ4v) is 0. The van der Waals surface area contributed by atoms with E-state index >= 15 is 0 Å². The van der Waals surface area contributed by atoms with Crippen LogP contribution in [-0.4, -0.2) is 34.9 Å². The third-order valence-electron chi connectivity index (χ3n) is 0. The molecule has 4 heavy (non-hydrogen) atoms. The maximum absolute atomic E-state index is 0. The molecule has 0 spiro atoms. The molecule has 2 radical (unpaired) electrons. The Morgan fingerprint density at radius 2 is 1.00 bits per heavy atom. The summed E-state index contributed by atoms with van der Waals surface area (Å²) in [5.41, 5.74) is 0. The van der Waals surface area contributed by atoms with Crippen molar-refractivity contribution in [3.05, 3.63) is 0 Å². The second kappa shape index (κ2) is 22.1. The Balaban J connectivity index is 0. The molecule has 4 N–H and O–H groups in total. The fourth-order valence-electron chi connectivity index (χ4n) is 0. The van der Waals surface area contributed by atoms with Crippen LogP contribution in [0, 0.1) is 0 Å². The van der Waals surface area contributed by atoms with Gasteiger partial charge in [-0.15, -0.1) is 0 Å². The zero-order valence-corrected chi connectivity index (χ0v) is 8.74. The molecule has 2 nitrogen and oxygen atoms in total. The molecule has 0 aromatic rings. The normalized spacial score (nSPS) is 0. The molecule has 0 unspecified atom stereocenters. The van der Waals surface area contributed by atoms with Crippen LogP contribution in [0.25, 0.3) is 0 Å². The Bertz CT molecular complexity index is 9.61. The van der Waals surface area contributed by atoms with E-state index in [2.05, 4.69) is 0 Å². The van der Waals surface area contributed by atoms with Gasteiger partial charge in [0.05, 0.1) is 0 Å². The second-order valence-electron chi connectivity index (χ2n) is 0. The summed E-state index contributed by atoms with van der Waals surface area (Å²) in [5, 5.41) is 0. The van der Waals surface area contributed by atoms with Crippen molar-refractivity contribution < 1.29 is 41.9 Å². The fraction of sp³-hybridized carbons (Fsp3) is 0. The van der Waals surface area contributed by atoms with Gasteiger partial charge in [-0.05, 0) is 0 Å². The van der Waals surface area contributed by atoms with E-state index in [-0.39, 0.29) is 65.8 Å². The van der Waals surface area contributed by atoms with E-state index in [1.54, 1.807) is 0 Å². The average Bonchev–Trinajstić information content (AvgIpc) is 0. The van der Waals surface area contributed by atoms with Crippen LogP contribution in [0.4, 0.5) is 0 Å². The zero-order chi connectivity index (χ0) is 0. The summed E-state index contributed by atoms with van der Waals surface area (Å²) in [4.78, 5) is 0. The Labute approximate surface area is 65.3 Å². The first kappa shape index (κ1) is 43.1. The summed E-state index contributed by atoms with van der Waals surface area (Å²) in [6.07, 6.45) is 0. The van der Waals surface area contributed by atoms with Crippen LogP contribution in [0.1, 0.15) is 1.43 Å². The van der Waals surface area contributed by atoms with Gasteiger partial charge < -0.3 is 12.4 Å². The van der Waals surface area contributed by atoms with E-state index in [4.69, 9.17) is 0 Å². The number of rotatable bonds is 0. The Morgan fingerprint density at radius 3 is 1.00 bits per heavy atom. The van der Waals surface area contributed by atoms with Crippen molar-refractivity contribution in [2.45, 2.75) is 0 Å². The Kier molecular flexibility index (Phi) is 238. The molecule has 0 saturated carbocycles. The summed E-state index contributed by atoms with van der Waals surface area (Å²) < 4.78 is 0. The molecule has 24 valence electrons. The minimum absolute atomic E-state index is 0. The van der Waals surface area contributed by atoms with Crippen molar-refractivity contribution in [1.29, 1.82) is 0 Å². The van der Waals surface area contributed by atoms with E-state index < -0.39 is 0 Å². The van der Waals surface area contributed by atoms with Crippen molar-refractivity contribution in [1.82, 2.24) is 0 Å². The summed E-state index contributed by atoms with van der Waals surface area (Å²) >= 11 is 0. The topological polar surface area (TPSA) is 63.0 Å². The van der Waals surface area contributed by atoms with Gasteiger partial charge in [0.25, 0.3) is 0 Å². The molecule has 0 aromatic carbocycles. The standard InChI is InChI=1S/Na.2H2O.Sn.3H/h;2*1H2;;;;/q+1;;;;;;-1. The predicted octanol–water partition coefficient (Wildman–Crippen LogP) is -5.45. The minimum atomic E-state index is 0. The first-order valence-corrected chi connectivity index (χ1v) is 0. The molecule has 0 saturated heterocycles. The first-order chi connectivity index (χ1) is 0. The van der Waals surface area contributed by atoms with Gasteiger partial charge in [0.1, 0.15) is 0 Å². The zero-order valence-electron chi connectivity index (χ0n) is 3.71. The van der Waals surface area contributed by atoms with Crippen LogP contribution < -0.4 is 29.6 Å². The predicted molar refractivity (Wildman–Crippen MR) is 16.9 cm³/mol. The molecule has 0 fully saturated rings. The van der Waals surface area contributed by atoms with E-state index in [9.17, 15) is 0 Å². The van der Waals surface area contributed by atoms with Gasteiger partial charge >= 0.3 is 53.5 Å². The van der Waals surface area contributed by atoms with Crippen molar-refractivity contribution >= 4 is 23.9 Å². The molecule has 0 bridgehead atoms. The molecule has 4 heteroatoms.